The number of alkyl carbamates (subject to hydrolysis) is 2. The lowest BCUT2D eigenvalue weighted by atomic mass is 10.0. The van der Waals surface area contributed by atoms with Crippen LogP contribution in [0.15, 0.2) is 0 Å². The third-order valence-electron chi connectivity index (χ3n) is 4.18. The number of hydrogen-bond acceptors (Lipinski definition) is 8. The van der Waals surface area contributed by atoms with Gasteiger partial charge in [-0.05, 0) is 54.4 Å². The van der Waals surface area contributed by atoms with Gasteiger partial charge in [0.05, 0.1) is 11.8 Å². The molecule has 2 amide bonds. The summed E-state index contributed by atoms with van der Waals surface area (Å²) in [5.41, 5.74) is -1.37. The molecule has 4 atom stereocenters. The van der Waals surface area contributed by atoms with Gasteiger partial charge in [0.15, 0.2) is 0 Å². The minimum absolute atomic E-state index is 0.220. The standard InChI is InChI=1S/C22H40N2O8S2/c1-13(17(25)26)9-15(23-19(29)31-21(3,4)5)11-33-34-12-16(10-14(2)18(27)28)24-20(30)32-22(6,7)8/h13-16H,9-12H2,1-8H3,(H,23,29)(H,24,30)(H,25,26)(H,27,28). The number of aliphatic carboxylic acids is 2. The smallest absolute Gasteiger partial charge is 0.407 e. The average Bonchev–Trinajstić information content (AvgIpc) is 2.61. The molecule has 0 fully saturated rings. The number of carboxylic acid groups (broad SMARTS) is 2. The monoisotopic (exact) mass is 524 g/mol. The van der Waals surface area contributed by atoms with E-state index < -0.39 is 59.2 Å². The summed E-state index contributed by atoms with van der Waals surface area (Å²) < 4.78 is 10.5. The van der Waals surface area contributed by atoms with Crippen molar-refractivity contribution in [3.63, 3.8) is 0 Å². The molecule has 0 aromatic carbocycles. The largest absolute Gasteiger partial charge is 0.481 e. The Bertz CT molecular complexity index is 633. The molecular formula is C22H40N2O8S2. The summed E-state index contributed by atoms with van der Waals surface area (Å²) >= 11 is 0. The molecule has 0 bridgehead atoms. The maximum atomic E-state index is 12.2. The predicted octanol–water partition coefficient (Wildman–Crippen LogP) is 4.38. The summed E-state index contributed by atoms with van der Waals surface area (Å²) in [4.78, 5) is 46.9. The number of amides is 2. The highest BCUT2D eigenvalue weighted by Crippen LogP contribution is 2.26. The van der Waals surface area contributed by atoms with E-state index in [2.05, 4.69) is 10.6 Å². The Hall–Kier alpha value is -1.82. The fraction of sp³-hybridized carbons (Fsp3) is 0.818. The molecule has 0 aliphatic carbocycles. The highest BCUT2D eigenvalue weighted by atomic mass is 33.1. The van der Waals surface area contributed by atoms with Crippen LogP contribution in [0, 0.1) is 11.8 Å². The van der Waals surface area contributed by atoms with Gasteiger partial charge in [0, 0.05) is 23.6 Å². The van der Waals surface area contributed by atoms with Gasteiger partial charge < -0.3 is 30.3 Å². The van der Waals surface area contributed by atoms with Crippen molar-refractivity contribution in [1.29, 1.82) is 0 Å². The van der Waals surface area contributed by atoms with Gasteiger partial charge in [-0.15, -0.1) is 0 Å². The quantitative estimate of drug-likeness (QED) is 0.202. The van der Waals surface area contributed by atoms with Crippen molar-refractivity contribution < 1.29 is 38.9 Å². The molecule has 4 N–H and O–H groups in total. The Morgan fingerprint density at radius 2 is 1.00 bits per heavy atom. The Balaban J connectivity index is 5.00. The van der Waals surface area contributed by atoms with Gasteiger partial charge in [-0.3, -0.25) is 9.59 Å². The molecule has 0 aromatic heterocycles. The molecule has 0 saturated carbocycles. The fourth-order valence-corrected chi connectivity index (χ4v) is 5.12. The zero-order valence-electron chi connectivity index (χ0n) is 21.3. The summed E-state index contributed by atoms with van der Waals surface area (Å²) in [7, 11) is 2.79. The number of rotatable bonds is 13. The van der Waals surface area contributed by atoms with Crippen LogP contribution in [0.3, 0.4) is 0 Å². The van der Waals surface area contributed by atoms with Crippen LogP contribution in [0.1, 0.15) is 68.2 Å². The molecule has 34 heavy (non-hydrogen) atoms. The van der Waals surface area contributed by atoms with Crippen LogP contribution in [0.25, 0.3) is 0 Å². The molecule has 12 heteroatoms. The Kier molecular flexibility index (Phi) is 13.8. The molecule has 0 saturated heterocycles. The number of hydrogen-bond donors (Lipinski definition) is 4. The average molecular weight is 525 g/mol. The molecule has 0 aromatic rings. The summed E-state index contributed by atoms with van der Waals surface area (Å²) in [6.45, 7) is 13.6. The van der Waals surface area contributed by atoms with Crippen LogP contribution >= 0.6 is 21.6 Å². The minimum atomic E-state index is -0.960. The van der Waals surface area contributed by atoms with E-state index in [1.165, 1.54) is 21.6 Å². The lowest BCUT2D eigenvalue weighted by Gasteiger charge is -2.25. The van der Waals surface area contributed by atoms with Crippen molar-refractivity contribution in [2.75, 3.05) is 11.5 Å². The number of carbonyl (C=O) groups is 4. The van der Waals surface area contributed by atoms with E-state index in [9.17, 15) is 29.4 Å². The van der Waals surface area contributed by atoms with Crippen LogP contribution in [0.5, 0.6) is 0 Å². The van der Waals surface area contributed by atoms with E-state index in [1.54, 1.807) is 55.4 Å². The van der Waals surface area contributed by atoms with Crippen molar-refractivity contribution in [3.05, 3.63) is 0 Å². The number of nitrogens with one attached hydrogen (secondary N) is 2. The zero-order valence-corrected chi connectivity index (χ0v) is 22.9. The molecule has 0 aliphatic heterocycles. The molecule has 0 radical (unpaired) electrons. The van der Waals surface area contributed by atoms with Crippen LogP contribution < -0.4 is 10.6 Å². The summed E-state index contributed by atoms with van der Waals surface area (Å²) in [6, 6.07) is -0.901. The van der Waals surface area contributed by atoms with E-state index >= 15 is 0 Å². The van der Waals surface area contributed by atoms with Gasteiger partial charge >= 0.3 is 24.1 Å². The van der Waals surface area contributed by atoms with E-state index in [0.29, 0.717) is 11.5 Å². The van der Waals surface area contributed by atoms with Gasteiger partial charge in [-0.25, -0.2) is 9.59 Å². The number of ether oxygens (including phenoxy) is 2. The molecule has 198 valence electrons. The topological polar surface area (TPSA) is 151 Å². The van der Waals surface area contributed by atoms with Crippen LogP contribution in [0.2, 0.25) is 0 Å². The first-order valence-corrected chi connectivity index (χ1v) is 13.6. The second-order valence-corrected chi connectivity index (χ2v) is 12.8. The highest BCUT2D eigenvalue weighted by molar-refractivity contribution is 8.76. The number of carbonyl (C=O) groups excluding carboxylic acids is 2. The summed E-state index contributed by atoms with van der Waals surface area (Å²) in [5.74, 6) is -2.45. The Labute approximate surface area is 210 Å². The van der Waals surface area contributed by atoms with E-state index in [-0.39, 0.29) is 12.8 Å². The zero-order chi connectivity index (χ0) is 26.7. The molecule has 4 unspecified atom stereocenters. The molecule has 0 aliphatic rings. The van der Waals surface area contributed by atoms with E-state index in [4.69, 9.17) is 9.47 Å². The third kappa shape index (κ3) is 16.7. The first kappa shape index (κ1) is 32.2. The van der Waals surface area contributed by atoms with Crippen LogP contribution in [-0.4, -0.2) is 69.1 Å². The van der Waals surface area contributed by atoms with Gasteiger partial charge in [-0.1, -0.05) is 35.4 Å². The minimum Gasteiger partial charge on any atom is -0.481 e. The van der Waals surface area contributed by atoms with Crippen molar-refractivity contribution >= 4 is 45.7 Å². The van der Waals surface area contributed by atoms with Crippen molar-refractivity contribution in [2.24, 2.45) is 11.8 Å². The third-order valence-corrected chi connectivity index (χ3v) is 6.74. The first-order chi connectivity index (χ1) is 15.4. The predicted molar refractivity (Wildman–Crippen MR) is 134 cm³/mol. The van der Waals surface area contributed by atoms with Crippen molar-refractivity contribution in [3.8, 4) is 0 Å². The number of carboxylic acids is 2. The maximum absolute atomic E-state index is 12.2. The van der Waals surface area contributed by atoms with Gasteiger partial charge in [0.25, 0.3) is 0 Å². The lowest BCUT2D eigenvalue weighted by Crippen LogP contribution is -2.42. The van der Waals surface area contributed by atoms with E-state index in [0.717, 1.165) is 0 Å². The normalized spacial score (nSPS) is 15.4. The fourth-order valence-electron chi connectivity index (χ4n) is 2.60. The molecule has 0 spiro atoms. The van der Waals surface area contributed by atoms with Gasteiger partial charge in [0.2, 0.25) is 0 Å². The second-order valence-electron chi connectivity index (χ2n) is 10.2. The van der Waals surface area contributed by atoms with Crippen molar-refractivity contribution in [2.45, 2.75) is 91.5 Å². The Morgan fingerprint density at radius 3 is 1.24 bits per heavy atom. The Morgan fingerprint density at radius 1 is 0.706 bits per heavy atom. The first-order valence-electron chi connectivity index (χ1n) is 11.1. The van der Waals surface area contributed by atoms with Crippen LogP contribution in [0.4, 0.5) is 9.59 Å². The SMILES string of the molecule is CC(CC(CSSCC(CC(C)C(=O)O)NC(=O)OC(C)(C)C)NC(=O)OC(C)(C)C)C(=O)O. The second kappa shape index (κ2) is 14.6. The van der Waals surface area contributed by atoms with Crippen LogP contribution in [-0.2, 0) is 19.1 Å². The molecule has 10 nitrogen and oxygen atoms in total. The molecular weight excluding hydrogens is 484 g/mol. The van der Waals surface area contributed by atoms with E-state index in [1.807, 2.05) is 0 Å². The highest BCUT2D eigenvalue weighted by Gasteiger charge is 2.25. The van der Waals surface area contributed by atoms with Crippen molar-refractivity contribution in [1.82, 2.24) is 10.6 Å². The molecule has 0 heterocycles. The van der Waals surface area contributed by atoms with Gasteiger partial charge in [0.1, 0.15) is 11.2 Å². The molecule has 0 rings (SSSR count). The summed E-state index contributed by atoms with van der Waals surface area (Å²) in [6.07, 6.45) is -0.809. The maximum Gasteiger partial charge on any atom is 0.407 e. The summed E-state index contributed by atoms with van der Waals surface area (Å²) in [5, 5.41) is 23.9. The lowest BCUT2D eigenvalue weighted by molar-refractivity contribution is -0.142. The van der Waals surface area contributed by atoms with Gasteiger partial charge in [-0.2, -0.15) is 0 Å².